The number of halogens is 1. The van der Waals surface area contributed by atoms with Crippen molar-refractivity contribution >= 4 is 23.2 Å². The second-order valence-electron chi connectivity index (χ2n) is 7.68. The molecular formula is C23H29ClN2O2. The Morgan fingerprint density at radius 3 is 2.39 bits per heavy atom. The van der Waals surface area contributed by atoms with Crippen LogP contribution in [0.1, 0.15) is 45.2 Å². The lowest BCUT2D eigenvalue weighted by atomic mass is 9.98. The lowest BCUT2D eigenvalue weighted by Gasteiger charge is -2.32. The van der Waals surface area contributed by atoms with Gasteiger partial charge in [0.15, 0.2) is 6.10 Å². The number of ether oxygens (including phenoxy) is 1. The quantitative estimate of drug-likeness (QED) is 0.722. The molecule has 0 radical (unpaired) electrons. The second-order valence-corrected chi connectivity index (χ2v) is 8.09. The van der Waals surface area contributed by atoms with Gasteiger partial charge in [0, 0.05) is 18.8 Å². The smallest absolute Gasteiger partial charge is 0.261 e. The van der Waals surface area contributed by atoms with Crippen molar-refractivity contribution in [3.05, 3.63) is 59.1 Å². The van der Waals surface area contributed by atoms with Crippen LogP contribution in [-0.4, -0.2) is 25.1 Å². The fourth-order valence-electron chi connectivity index (χ4n) is 3.44. The number of para-hydroxylation sites is 1. The van der Waals surface area contributed by atoms with Crippen LogP contribution in [0, 0.1) is 5.92 Å². The maximum absolute atomic E-state index is 12.5. The van der Waals surface area contributed by atoms with Gasteiger partial charge in [-0.1, -0.05) is 42.8 Å². The summed E-state index contributed by atoms with van der Waals surface area (Å²) in [6.07, 6.45) is 1.87. The molecule has 5 heteroatoms. The molecular weight excluding hydrogens is 372 g/mol. The van der Waals surface area contributed by atoms with Crippen molar-refractivity contribution in [1.29, 1.82) is 0 Å². The van der Waals surface area contributed by atoms with E-state index in [-0.39, 0.29) is 11.9 Å². The highest BCUT2D eigenvalue weighted by Crippen LogP contribution is 2.26. The van der Waals surface area contributed by atoms with Crippen LogP contribution in [0.15, 0.2) is 48.5 Å². The molecule has 0 saturated carbocycles. The van der Waals surface area contributed by atoms with Gasteiger partial charge in [0.2, 0.25) is 0 Å². The summed E-state index contributed by atoms with van der Waals surface area (Å²) in [5.41, 5.74) is 2.33. The van der Waals surface area contributed by atoms with Crippen molar-refractivity contribution in [2.45, 2.75) is 45.8 Å². The van der Waals surface area contributed by atoms with Crippen LogP contribution in [0.4, 0.5) is 5.69 Å². The van der Waals surface area contributed by atoms with Gasteiger partial charge in [-0.2, -0.15) is 0 Å². The topological polar surface area (TPSA) is 41.6 Å². The predicted molar refractivity (Wildman–Crippen MR) is 115 cm³/mol. The van der Waals surface area contributed by atoms with E-state index in [1.807, 2.05) is 19.1 Å². The Bertz CT molecular complexity index is 785. The van der Waals surface area contributed by atoms with Crippen LogP contribution in [0.25, 0.3) is 0 Å². The highest BCUT2D eigenvalue weighted by atomic mass is 35.5. The third kappa shape index (κ3) is 5.20. The molecule has 4 nitrogen and oxygen atoms in total. The molecule has 150 valence electrons. The first-order valence-electron chi connectivity index (χ1n) is 10.0. The van der Waals surface area contributed by atoms with E-state index in [1.54, 1.807) is 19.1 Å². The molecule has 1 aliphatic rings. The average molecular weight is 401 g/mol. The first-order chi connectivity index (χ1) is 13.4. The van der Waals surface area contributed by atoms with E-state index < -0.39 is 6.10 Å². The third-order valence-corrected chi connectivity index (χ3v) is 5.72. The number of carbonyl (C=O) groups is 1. The minimum Gasteiger partial charge on any atom is -0.479 e. The number of rotatable bonds is 6. The maximum Gasteiger partial charge on any atom is 0.261 e. The normalized spacial score (nSPS) is 17.1. The number of amides is 1. The van der Waals surface area contributed by atoms with Crippen LogP contribution >= 0.6 is 11.6 Å². The summed E-state index contributed by atoms with van der Waals surface area (Å²) in [6, 6.07) is 15.6. The van der Waals surface area contributed by atoms with Crippen LogP contribution in [-0.2, 0) is 4.79 Å². The molecule has 3 rings (SSSR count). The van der Waals surface area contributed by atoms with Crippen LogP contribution in [0.3, 0.4) is 0 Å². The molecule has 2 atom stereocenters. The molecule has 1 aliphatic heterocycles. The van der Waals surface area contributed by atoms with E-state index in [1.165, 1.54) is 18.5 Å². The van der Waals surface area contributed by atoms with Crippen molar-refractivity contribution in [2.75, 3.05) is 18.0 Å². The summed E-state index contributed by atoms with van der Waals surface area (Å²) in [7, 11) is 0. The standard InChI is InChI=1S/C23H29ClN2O2/c1-16-12-14-26(15-13-16)20-10-8-19(9-11-20)17(2)25-23(27)18(3)28-22-7-5-4-6-21(22)24/h4-11,16-18H,12-15H2,1-3H3,(H,25,27)/t17-,18+/m0/s1. The van der Waals surface area contributed by atoms with Crippen molar-refractivity contribution < 1.29 is 9.53 Å². The maximum atomic E-state index is 12.5. The Kier molecular flexibility index (Phi) is 6.84. The average Bonchev–Trinajstić information content (AvgIpc) is 2.70. The summed E-state index contributed by atoms with van der Waals surface area (Å²) in [6.45, 7) is 8.26. The molecule has 1 heterocycles. The van der Waals surface area contributed by atoms with Gasteiger partial charge >= 0.3 is 0 Å². The third-order valence-electron chi connectivity index (χ3n) is 5.41. The lowest BCUT2D eigenvalue weighted by molar-refractivity contribution is -0.127. The number of nitrogens with one attached hydrogen (secondary N) is 1. The van der Waals surface area contributed by atoms with Gasteiger partial charge in [-0.25, -0.2) is 0 Å². The van der Waals surface area contributed by atoms with E-state index in [2.05, 4.69) is 41.4 Å². The molecule has 1 N–H and O–H groups in total. The van der Waals surface area contributed by atoms with E-state index in [0.717, 1.165) is 24.6 Å². The molecule has 0 aliphatic carbocycles. The van der Waals surface area contributed by atoms with Gasteiger partial charge in [-0.15, -0.1) is 0 Å². The van der Waals surface area contributed by atoms with E-state index in [0.29, 0.717) is 10.8 Å². The minimum atomic E-state index is -0.628. The van der Waals surface area contributed by atoms with E-state index >= 15 is 0 Å². The Labute approximate surface area is 172 Å². The summed E-state index contributed by atoms with van der Waals surface area (Å²) < 4.78 is 5.70. The fraction of sp³-hybridized carbons (Fsp3) is 0.435. The Hall–Kier alpha value is -2.20. The summed E-state index contributed by atoms with van der Waals surface area (Å²) in [5.74, 6) is 1.17. The largest absolute Gasteiger partial charge is 0.479 e. The summed E-state index contributed by atoms with van der Waals surface area (Å²) >= 11 is 6.10. The van der Waals surface area contributed by atoms with Gasteiger partial charge in [0.1, 0.15) is 5.75 Å². The number of benzene rings is 2. The number of hydrogen-bond acceptors (Lipinski definition) is 3. The molecule has 1 saturated heterocycles. The second kappa shape index (κ2) is 9.33. The zero-order valence-corrected chi connectivity index (χ0v) is 17.6. The van der Waals surface area contributed by atoms with Crippen molar-refractivity contribution in [3.63, 3.8) is 0 Å². The highest BCUT2D eigenvalue weighted by Gasteiger charge is 2.19. The van der Waals surface area contributed by atoms with Crippen molar-refractivity contribution in [3.8, 4) is 5.75 Å². The molecule has 1 fully saturated rings. The first-order valence-corrected chi connectivity index (χ1v) is 10.4. The van der Waals surface area contributed by atoms with E-state index in [9.17, 15) is 4.79 Å². The molecule has 0 spiro atoms. The minimum absolute atomic E-state index is 0.0970. The Morgan fingerprint density at radius 2 is 1.75 bits per heavy atom. The summed E-state index contributed by atoms with van der Waals surface area (Å²) in [5, 5.41) is 3.52. The van der Waals surface area contributed by atoms with Gasteiger partial charge < -0.3 is 15.0 Å². The van der Waals surface area contributed by atoms with Gasteiger partial charge in [0.05, 0.1) is 11.1 Å². The number of anilines is 1. The first kappa shape index (κ1) is 20.5. The molecule has 2 aromatic rings. The molecule has 0 unspecified atom stereocenters. The summed E-state index contributed by atoms with van der Waals surface area (Å²) in [4.78, 5) is 14.9. The number of piperidine rings is 1. The number of nitrogens with zero attached hydrogens (tertiary/aromatic N) is 1. The van der Waals surface area contributed by atoms with E-state index in [4.69, 9.17) is 16.3 Å². The molecule has 0 aromatic heterocycles. The van der Waals surface area contributed by atoms with Crippen LogP contribution in [0.5, 0.6) is 5.75 Å². The molecule has 0 bridgehead atoms. The van der Waals surface area contributed by atoms with Gasteiger partial charge in [-0.3, -0.25) is 4.79 Å². The Balaban J connectivity index is 1.55. The predicted octanol–water partition coefficient (Wildman–Crippen LogP) is 5.22. The van der Waals surface area contributed by atoms with Crippen molar-refractivity contribution in [2.24, 2.45) is 5.92 Å². The highest BCUT2D eigenvalue weighted by molar-refractivity contribution is 6.32. The monoisotopic (exact) mass is 400 g/mol. The SMILES string of the molecule is CC1CCN(c2ccc([C@H](C)NC(=O)[C@@H](C)Oc3ccccc3Cl)cc2)CC1. The fourth-order valence-corrected chi connectivity index (χ4v) is 3.62. The number of carbonyl (C=O) groups excluding carboxylic acids is 1. The lowest BCUT2D eigenvalue weighted by Crippen LogP contribution is -2.37. The molecule has 28 heavy (non-hydrogen) atoms. The van der Waals surface area contributed by atoms with Gasteiger partial charge in [0.25, 0.3) is 5.91 Å². The Morgan fingerprint density at radius 1 is 1.11 bits per heavy atom. The zero-order valence-electron chi connectivity index (χ0n) is 16.8. The van der Waals surface area contributed by atoms with Crippen LogP contribution < -0.4 is 15.0 Å². The zero-order chi connectivity index (χ0) is 20.1. The molecule has 1 amide bonds. The number of hydrogen-bond donors (Lipinski definition) is 1. The molecule has 2 aromatic carbocycles. The van der Waals surface area contributed by atoms with Crippen LogP contribution in [0.2, 0.25) is 5.02 Å². The van der Waals surface area contributed by atoms with Crippen molar-refractivity contribution in [1.82, 2.24) is 5.32 Å². The van der Waals surface area contributed by atoms with Gasteiger partial charge in [-0.05, 0) is 62.4 Å².